The molecule has 42 heavy (non-hydrogen) atoms. The topological polar surface area (TPSA) is 137 Å². The molecule has 6 aliphatic rings. The number of rotatable bonds is 11. The fourth-order valence-electron chi connectivity index (χ4n) is 5.42. The molecule has 0 radical (unpaired) electrons. The zero-order valence-corrected chi connectivity index (χ0v) is 34.2. The molecule has 0 aromatic rings. The Morgan fingerprint density at radius 3 is 0.857 bits per heavy atom. The first-order valence-electron chi connectivity index (χ1n) is 15.4. The second-order valence-electron chi connectivity index (χ2n) is 11.1. The highest BCUT2D eigenvalue weighted by Crippen LogP contribution is 2.52. The first-order chi connectivity index (χ1) is 19.8. The Morgan fingerprint density at radius 2 is 0.667 bits per heavy atom. The van der Waals surface area contributed by atoms with Gasteiger partial charge in [0.1, 0.15) is 0 Å². The van der Waals surface area contributed by atoms with Crippen LogP contribution in [-0.2, 0) is 58.9 Å². The molecule has 6 rings (SSSR count). The van der Waals surface area contributed by atoms with E-state index in [-0.39, 0.29) is 18.1 Å². The molecule has 8 bridgehead atoms. The summed E-state index contributed by atoms with van der Waals surface area (Å²) in [5, 5.41) is 0. The highest BCUT2D eigenvalue weighted by Gasteiger charge is 2.82. The van der Waals surface area contributed by atoms with Crippen LogP contribution in [0.3, 0.4) is 0 Å². The number of carbonyl (C=O) groups excluding carboxylic acids is 1. The van der Waals surface area contributed by atoms with Crippen molar-refractivity contribution in [1.29, 1.82) is 0 Å². The second kappa shape index (κ2) is 11.8. The van der Waals surface area contributed by atoms with Crippen molar-refractivity contribution in [3.8, 4) is 0 Å². The maximum absolute atomic E-state index is 13.0. The first-order valence-corrected chi connectivity index (χ1v) is 30.8. The summed E-state index contributed by atoms with van der Waals surface area (Å²) in [6.07, 6.45) is 0.323. The van der Waals surface area contributed by atoms with Crippen molar-refractivity contribution in [2.45, 2.75) is 111 Å². The van der Waals surface area contributed by atoms with Crippen LogP contribution < -0.4 is 0 Å². The van der Waals surface area contributed by atoms with Crippen molar-refractivity contribution in [3.63, 3.8) is 0 Å². The van der Waals surface area contributed by atoms with Crippen LogP contribution in [0.15, 0.2) is 0 Å². The normalized spacial score (nSPS) is 48.6. The number of hydrogen-bond donors (Lipinski definition) is 0. The van der Waals surface area contributed by atoms with E-state index in [1.165, 1.54) is 0 Å². The summed E-state index contributed by atoms with van der Waals surface area (Å²) in [4.78, 5) is 13.0. The van der Waals surface area contributed by atoms with E-state index < -0.39 is 70.4 Å². The molecule has 0 spiro atoms. The van der Waals surface area contributed by atoms with Gasteiger partial charge in [0.25, 0.3) is 0 Å². The number of carbonyl (C=O) groups is 1. The van der Waals surface area contributed by atoms with Crippen molar-refractivity contribution in [1.82, 2.24) is 0 Å². The van der Waals surface area contributed by atoms with Gasteiger partial charge in [0.15, 0.2) is 6.23 Å². The molecule has 0 aromatic heterocycles. The Kier molecular flexibility index (Phi) is 9.54. The quantitative estimate of drug-likeness (QED) is 0.223. The lowest BCUT2D eigenvalue weighted by molar-refractivity contribution is -0.148. The third-order valence-corrected chi connectivity index (χ3v) is 44.6. The number of ether oxygens (including phenoxy) is 1. The maximum Gasteiger partial charge on any atom is 0.518 e. The van der Waals surface area contributed by atoms with Gasteiger partial charge in [-0.25, -0.2) is 0 Å². The van der Waals surface area contributed by atoms with Gasteiger partial charge in [-0.05, 0) is 6.42 Å². The standard InChI is InChI=1S/C20H46O14Si8/c1-10-19(9)20(21)22-18-42-32-39(15-6)26-36(12-3)23-35(11-2)24-37(13-4,28-39)30-41(17-8,34-42)31-38(14-5,25-35)29-40(16-7,27-36)33-42/h19H,10-18H2,1-9H3. The summed E-state index contributed by atoms with van der Waals surface area (Å²) in [6, 6.07) is 2.54. The lowest BCUT2D eigenvalue weighted by Gasteiger charge is -2.62. The van der Waals surface area contributed by atoms with Gasteiger partial charge in [0, 0.05) is 42.3 Å². The van der Waals surface area contributed by atoms with Crippen LogP contribution in [-0.4, -0.2) is 82.6 Å². The Labute approximate surface area is 257 Å². The lowest BCUT2D eigenvalue weighted by Crippen LogP contribution is -2.88. The molecule has 6 fully saturated rings. The molecule has 0 amide bonds. The molecule has 1 atom stereocenters. The van der Waals surface area contributed by atoms with Crippen molar-refractivity contribution in [2.24, 2.45) is 5.92 Å². The monoisotopic (exact) mass is 734 g/mol. The minimum absolute atomic E-state index is 0.293. The maximum atomic E-state index is 13.0. The molecular formula is C20H46O14Si8. The van der Waals surface area contributed by atoms with Gasteiger partial charge in [-0.15, -0.1) is 0 Å². The largest absolute Gasteiger partial charge is 0.518 e. The molecule has 0 saturated carbocycles. The van der Waals surface area contributed by atoms with Crippen molar-refractivity contribution in [2.75, 3.05) is 6.23 Å². The Bertz CT molecular complexity index is 920. The van der Waals surface area contributed by atoms with Gasteiger partial charge in [-0.2, -0.15) is 0 Å². The van der Waals surface area contributed by atoms with Gasteiger partial charge in [-0.3, -0.25) is 4.79 Å². The van der Waals surface area contributed by atoms with E-state index >= 15 is 0 Å². The molecule has 1 unspecified atom stereocenters. The predicted molar refractivity (Wildman–Crippen MR) is 163 cm³/mol. The average molecular weight is 735 g/mol. The van der Waals surface area contributed by atoms with Gasteiger partial charge < -0.3 is 54.1 Å². The number of esters is 1. The van der Waals surface area contributed by atoms with Crippen LogP contribution in [0.2, 0.25) is 42.3 Å². The second-order valence-corrected chi connectivity index (χ2v) is 37.0. The van der Waals surface area contributed by atoms with Crippen LogP contribution in [0.5, 0.6) is 0 Å². The van der Waals surface area contributed by atoms with E-state index in [2.05, 4.69) is 0 Å². The van der Waals surface area contributed by atoms with Crippen LogP contribution in [0.1, 0.15) is 68.7 Å². The highest BCUT2D eigenvalue weighted by atomic mass is 28.6. The Morgan fingerprint density at radius 1 is 0.452 bits per heavy atom. The minimum Gasteiger partial charge on any atom is -0.461 e. The molecule has 6 saturated heterocycles. The van der Waals surface area contributed by atoms with E-state index in [0.717, 1.165) is 0 Å². The fourth-order valence-corrected chi connectivity index (χ4v) is 54.3. The van der Waals surface area contributed by atoms with Gasteiger partial charge in [0.05, 0.1) is 5.92 Å². The first kappa shape index (κ1) is 34.1. The zero-order chi connectivity index (χ0) is 30.7. The summed E-state index contributed by atoms with van der Waals surface area (Å²) in [6.45, 7) is 17.3. The molecule has 22 heteroatoms. The van der Waals surface area contributed by atoms with E-state index in [1.54, 1.807) is 0 Å². The molecular weight excluding hydrogens is 689 g/mol. The average Bonchev–Trinajstić information content (AvgIpc) is 2.94. The predicted octanol–water partition coefficient (Wildman–Crippen LogP) is 4.03. The fraction of sp³-hybridized carbons (Fsp3) is 0.950. The zero-order valence-electron chi connectivity index (χ0n) is 26.2. The van der Waals surface area contributed by atoms with E-state index in [9.17, 15) is 4.79 Å². The van der Waals surface area contributed by atoms with Crippen molar-refractivity contribution >= 4 is 76.4 Å². The highest BCUT2D eigenvalue weighted by molar-refractivity contribution is 7.03. The number of hydrogen-bond acceptors (Lipinski definition) is 14. The molecule has 0 aromatic carbocycles. The summed E-state index contributed by atoms with van der Waals surface area (Å²) in [5.74, 6) is -0.715. The van der Waals surface area contributed by atoms with E-state index in [1.807, 2.05) is 62.3 Å². The minimum atomic E-state index is -4.12. The summed E-state index contributed by atoms with van der Waals surface area (Å²) < 4.78 is 90.4. The molecule has 0 N–H and O–H groups in total. The summed E-state index contributed by atoms with van der Waals surface area (Å²) in [5.41, 5.74) is 0. The van der Waals surface area contributed by atoms with Crippen molar-refractivity contribution < 1.29 is 58.9 Å². The van der Waals surface area contributed by atoms with E-state index in [4.69, 9.17) is 54.1 Å². The Hall–Kier alpha value is 0.725. The Balaban J connectivity index is 1.79. The third-order valence-electron chi connectivity index (χ3n) is 8.17. The SMILES string of the molecule is CCC(C)C(=O)OC[Si]12O[Si]3(CC)O[Si]4(CC)O[Si]5(CC)O[Si](CC)(O3)O[Si](CC)(O[Si](CC)(O5)O[Si](CC)(O4)O1)O2. The molecule has 242 valence electrons. The lowest BCUT2D eigenvalue weighted by atomic mass is 10.1. The van der Waals surface area contributed by atoms with Gasteiger partial charge in [-0.1, -0.05) is 62.3 Å². The van der Waals surface area contributed by atoms with Crippen LogP contribution >= 0.6 is 0 Å². The summed E-state index contributed by atoms with van der Waals surface area (Å²) >= 11 is 0. The van der Waals surface area contributed by atoms with E-state index in [0.29, 0.717) is 48.7 Å². The van der Waals surface area contributed by atoms with Crippen LogP contribution in [0.25, 0.3) is 0 Å². The van der Waals surface area contributed by atoms with Gasteiger partial charge >= 0.3 is 76.4 Å². The van der Waals surface area contributed by atoms with Crippen LogP contribution in [0.4, 0.5) is 0 Å². The van der Waals surface area contributed by atoms with Crippen LogP contribution in [0, 0.1) is 5.92 Å². The molecule has 6 heterocycles. The van der Waals surface area contributed by atoms with Crippen molar-refractivity contribution in [3.05, 3.63) is 0 Å². The summed E-state index contributed by atoms with van der Waals surface area (Å²) in [7, 11) is -30.2. The third kappa shape index (κ3) is 5.75. The molecule has 6 aliphatic heterocycles. The van der Waals surface area contributed by atoms with Gasteiger partial charge in [0.2, 0.25) is 0 Å². The smallest absolute Gasteiger partial charge is 0.461 e. The molecule has 14 nitrogen and oxygen atoms in total. The molecule has 0 aliphatic carbocycles.